The van der Waals surface area contributed by atoms with E-state index in [1.54, 1.807) is 0 Å². The molecule has 0 radical (unpaired) electrons. The zero-order valence-electron chi connectivity index (χ0n) is 13.0. The van der Waals surface area contributed by atoms with Crippen LogP contribution in [0.1, 0.15) is 13.8 Å². The van der Waals surface area contributed by atoms with Crippen LogP contribution in [-0.2, 0) is 7.05 Å². The summed E-state index contributed by atoms with van der Waals surface area (Å²) in [7, 11) is 2.03. The lowest BCUT2D eigenvalue weighted by Gasteiger charge is -2.07. The SMILES string of the molecule is CCOc1cc(Cl)c2[n+](C)c3ccccc3c-2cc1OCC. The van der Waals surface area contributed by atoms with E-state index >= 15 is 0 Å². The molecule has 4 heteroatoms. The molecule has 114 valence electrons. The number of fused-ring (bicyclic) bond motifs is 3. The third-order valence-corrected chi connectivity index (χ3v) is 4.04. The highest BCUT2D eigenvalue weighted by Crippen LogP contribution is 2.40. The van der Waals surface area contributed by atoms with Crippen LogP contribution in [0, 0.1) is 0 Å². The molecule has 1 aliphatic heterocycles. The summed E-state index contributed by atoms with van der Waals surface area (Å²) in [5.41, 5.74) is 3.19. The largest absolute Gasteiger partial charge is 0.490 e. The van der Waals surface area contributed by atoms with Gasteiger partial charge in [0.25, 0.3) is 0 Å². The third-order valence-electron chi connectivity index (χ3n) is 3.75. The van der Waals surface area contributed by atoms with Crippen LogP contribution < -0.4 is 14.0 Å². The van der Waals surface area contributed by atoms with E-state index in [1.807, 2.05) is 45.2 Å². The van der Waals surface area contributed by atoms with Gasteiger partial charge in [-0.1, -0.05) is 23.7 Å². The first-order valence-corrected chi connectivity index (χ1v) is 7.84. The van der Waals surface area contributed by atoms with Gasteiger partial charge in [0.15, 0.2) is 11.5 Å². The molecule has 0 unspecified atom stereocenters. The summed E-state index contributed by atoms with van der Waals surface area (Å²) >= 11 is 6.57. The topological polar surface area (TPSA) is 22.3 Å². The normalized spacial score (nSPS) is 11.1. The van der Waals surface area contributed by atoms with Crippen LogP contribution in [0.15, 0.2) is 36.4 Å². The molecule has 0 saturated carbocycles. The van der Waals surface area contributed by atoms with Gasteiger partial charge >= 0.3 is 0 Å². The van der Waals surface area contributed by atoms with Crippen molar-refractivity contribution in [3.8, 4) is 22.8 Å². The molecule has 1 aromatic carbocycles. The van der Waals surface area contributed by atoms with Crippen molar-refractivity contribution < 1.29 is 14.0 Å². The Morgan fingerprint density at radius 1 is 1.00 bits per heavy atom. The number of nitrogens with zero attached hydrogens (tertiary/aromatic N) is 1. The summed E-state index contributed by atoms with van der Waals surface area (Å²) in [4.78, 5) is 0. The van der Waals surface area contributed by atoms with Crippen LogP contribution in [0.3, 0.4) is 0 Å². The summed E-state index contributed by atoms with van der Waals surface area (Å²) in [5.74, 6) is 1.40. The average Bonchev–Trinajstić information content (AvgIpc) is 2.71. The van der Waals surface area contributed by atoms with Gasteiger partial charge in [0, 0.05) is 12.1 Å². The van der Waals surface area contributed by atoms with Crippen LogP contribution in [0.5, 0.6) is 11.5 Å². The Hall–Kier alpha value is -2.00. The van der Waals surface area contributed by atoms with E-state index in [2.05, 4.69) is 16.7 Å². The lowest BCUT2D eigenvalue weighted by molar-refractivity contribution is -0.631. The zero-order valence-corrected chi connectivity index (χ0v) is 13.8. The van der Waals surface area contributed by atoms with Crippen LogP contribution in [-0.4, -0.2) is 13.2 Å². The Morgan fingerprint density at radius 3 is 2.32 bits per heavy atom. The minimum Gasteiger partial charge on any atom is -0.490 e. The molecular weight excluding hydrogens is 298 g/mol. The van der Waals surface area contributed by atoms with Crippen LogP contribution in [0.25, 0.3) is 22.2 Å². The predicted molar refractivity (Wildman–Crippen MR) is 89.1 cm³/mol. The number of hydrogen-bond acceptors (Lipinski definition) is 2. The minimum absolute atomic E-state index is 0.567. The fraction of sp³-hybridized carbons (Fsp3) is 0.278. The summed E-state index contributed by atoms with van der Waals surface area (Å²) < 4.78 is 13.6. The van der Waals surface area contributed by atoms with Gasteiger partial charge in [-0.3, -0.25) is 0 Å². The van der Waals surface area contributed by atoms with E-state index in [0.29, 0.717) is 24.0 Å². The molecule has 0 saturated heterocycles. The zero-order chi connectivity index (χ0) is 15.7. The number of rotatable bonds is 4. The second-order valence-electron chi connectivity index (χ2n) is 5.07. The summed E-state index contributed by atoms with van der Waals surface area (Å²) in [6.07, 6.45) is 0. The Balaban J connectivity index is 2.40. The van der Waals surface area contributed by atoms with Crippen molar-refractivity contribution in [2.24, 2.45) is 7.05 Å². The van der Waals surface area contributed by atoms with E-state index in [4.69, 9.17) is 21.1 Å². The molecule has 0 N–H and O–H groups in total. The number of ether oxygens (including phenoxy) is 2. The van der Waals surface area contributed by atoms with Crippen molar-refractivity contribution in [1.29, 1.82) is 0 Å². The second-order valence-corrected chi connectivity index (χ2v) is 5.48. The standard InChI is InChI=1S/C18H19ClNO2/c1-4-21-16-10-13-12-8-6-7-9-15(12)20(3)18(13)14(19)11-17(16)22-5-2/h6-11H,4-5H2,1-3H3/q+1. The van der Waals surface area contributed by atoms with Crippen molar-refractivity contribution in [3.63, 3.8) is 0 Å². The summed E-state index contributed by atoms with van der Waals surface area (Å²) in [5, 5.41) is 1.81. The van der Waals surface area contributed by atoms with Gasteiger partial charge in [0.2, 0.25) is 11.2 Å². The number of halogens is 1. The van der Waals surface area contributed by atoms with Gasteiger partial charge in [-0.25, -0.2) is 0 Å². The molecule has 0 fully saturated rings. The molecule has 0 amide bonds. The monoisotopic (exact) mass is 316 g/mol. The molecule has 0 aromatic heterocycles. The Labute approximate surface area is 135 Å². The van der Waals surface area contributed by atoms with Gasteiger partial charge in [0.05, 0.1) is 24.2 Å². The van der Waals surface area contributed by atoms with Crippen molar-refractivity contribution in [3.05, 3.63) is 41.4 Å². The van der Waals surface area contributed by atoms with Gasteiger partial charge in [-0.15, -0.1) is 0 Å². The molecule has 0 spiro atoms. The Morgan fingerprint density at radius 2 is 1.64 bits per heavy atom. The van der Waals surface area contributed by atoms with Crippen molar-refractivity contribution in [2.75, 3.05) is 13.2 Å². The van der Waals surface area contributed by atoms with Crippen LogP contribution >= 0.6 is 11.6 Å². The van der Waals surface area contributed by atoms with E-state index in [0.717, 1.165) is 27.9 Å². The molecule has 1 aromatic rings. The summed E-state index contributed by atoms with van der Waals surface area (Å²) in [6, 6.07) is 12.1. The Kier molecular flexibility index (Phi) is 4.08. The molecule has 3 nitrogen and oxygen atoms in total. The van der Waals surface area contributed by atoms with Gasteiger partial charge in [-0.05, 0) is 26.0 Å². The predicted octanol–water partition coefficient (Wildman–Crippen LogP) is 4.22. The highest BCUT2D eigenvalue weighted by Gasteiger charge is 2.27. The first kappa shape index (κ1) is 14.9. The van der Waals surface area contributed by atoms with Gasteiger partial charge in [-0.2, -0.15) is 4.57 Å². The first-order chi connectivity index (χ1) is 10.7. The highest BCUT2D eigenvalue weighted by atomic mass is 35.5. The molecule has 0 atom stereocenters. The highest BCUT2D eigenvalue weighted by molar-refractivity contribution is 6.33. The second kappa shape index (κ2) is 6.01. The van der Waals surface area contributed by atoms with Crippen LogP contribution in [0.2, 0.25) is 5.02 Å². The molecule has 3 rings (SSSR count). The quantitative estimate of drug-likeness (QED) is 0.672. The van der Waals surface area contributed by atoms with Crippen LogP contribution in [0.4, 0.5) is 0 Å². The molecule has 1 aliphatic carbocycles. The maximum absolute atomic E-state index is 6.57. The molecular formula is C18H19ClNO2+. The lowest BCUT2D eigenvalue weighted by atomic mass is 10.1. The number of aromatic nitrogens is 1. The fourth-order valence-electron chi connectivity index (χ4n) is 2.85. The van der Waals surface area contributed by atoms with Gasteiger partial charge < -0.3 is 9.47 Å². The van der Waals surface area contributed by atoms with Crippen molar-refractivity contribution in [1.82, 2.24) is 0 Å². The number of benzene rings is 1. The molecule has 0 bridgehead atoms. The third kappa shape index (κ3) is 2.35. The fourth-order valence-corrected chi connectivity index (χ4v) is 3.18. The first-order valence-electron chi connectivity index (χ1n) is 7.47. The van der Waals surface area contributed by atoms with E-state index in [1.165, 1.54) is 0 Å². The Bertz CT molecular complexity index is 801. The number of aryl methyl sites for hydroxylation is 1. The number of para-hydroxylation sites is 1. The maximum atomic E-state index is 6.57. The van der Waals surface area contributed by atoms with E-state index in [-0.39, 0.29) is 0 Å². The van der Waals surface area contributed by atoms with E-state index < -0.39 is 0 Å². The smallest absolute Gasteiger partial charge is 0.232 e. The van der Waals surface area contributed by atoms with E-state index in [9.17, 15) is 0 Å². The minimum atomic E-state index is 0.567. The maximum Gasteiger partial charge on any atom is 0.232 e. The van der Waals surface area contributed by atoms with Gasteiger partial charge in [0.1, 0.15) is 12.1 Å². The molecule has 2 aliphatic rings. The summed E-state index contributed by atoms with van der Waals surface area (Å²) in [6.45, 7) is 5.06. The van der Waals surface area contributed by atoms with Crippen molar-refractivity contribution >= 4 is 22.5 Å². The molecule has 1 heterocycles. The average molecular weight is 317 g/mol. The number of hydrogen-bond donors (Lipinski definition) is 0. The lowest BCUT2D eigenvalue weighted by Crippen LogP contribution is -2.28. The molecule has 22 heavy (non-hydrogen) atoms. The van der Waals surface area contributed by atoms with Crippen molar-refractivity contribution in [2.45, 2.75) is 13.8 Å².